The lowest BCUT2D eigenvalue weighted by molar-refractivity contribution is -0.122. The predicted molar refractivity (Wildman–Crippen MR) is 126 cm³/mol. The van der Waals surface area contributed by atoms with Crippen molar-refractivity contribution in [3.8, 4) is 11.5 Å². The third kappa shape index (κ3) is 5.35. The SMILES string of the molecule is C[C@H](NC(=O)[C@@H](C)N(c1ccc2c(c1)OCCO2)S(C)(=O)=O)c1ccc(C(C)(C)C)cc1. The molecule has 0 aromatic heterocycles. The molecule has 1 aliphatic rings. The highest BCUT2D eigenvalue weighted by Gasteiger charge is 2.31. The summed E-state index contributed by atoms with van der Waals surface area (Å²) in [6.07, 6.45) is 1.09. The van der Waals surface area contributed by atoms with Crippen LogP contribution in [0.2, 0.25) is 0 Å². The van der Waals surface area contributed by atoms with Crippen LogP contribution >= 0.6 is 0 Å². The van der Waals surface area contributed by atoms with E-state index in [0.717, 1.165) is 16.1 Å². The summed E-state index contributed by atoms with van der Waals surface area (Å²) in [4.78, 5) is 13.0. The van der Waals surface area contributed by atoms with Crippen molar-refractivity contribution < 1.29 is 22.7 Å². The van der Waals surface area contributed by atoms with Crippen molar-refractivity contribution in [1.82, 2.24) is 5.32 Å². The van der Waals surface area contributed by atoms with Gasteiger partial charge in [0, 0.05) is 6.07 Å². The lowest BCUT2D eigenvalue weighted by Crippen LogP contribution is -2.48. The van der Waals surface area contributed by atoms with Crippen molar-refractivity contribution >= 4 is 21.6 Å². The number of nitrogens with one attached hydrogen (secondary N) is 1. The molecule has 0 saturated carbocycles. The fourth-order valence-electron chi connectivity index (χ4n) is 3.67. The fraction of sp³-hybridized carbons (Fsp3) is 0.458. The van der Waals surface area contributed by atoms with Crippen LogP contribution in [-0.2, 0) is 20.2 Å². The molecule has 1 aliphatic heterocycles. The highest BCUT2D eigenvalue weighted by Crippen LogP contribution is 2.35. The van der Waals surface area contributed by atoms with Crippen LogP contribution in [0.4, 0.5) is 5.69 Å². The van der Waals surface area contributed by atoms with E-state index in [2.05, 4.69) is 38.2 Å². The summed E-state index contributed by atoms with van der Waals surface area (Å²) in [6, 6.07) is 11.7. The first-order valence-corrected chi connectivity index (χ1v) is 12.5. The molecule has 0 aliphatic carbocycles. The Morgan fingerprint density at radius 2 is 1.59 bits per heavy atom. The number of carbonyl (C=O) groups excluding carboxylic acids is 1. The second kappa shape index (κ2) is 9.02. The zero-order valence-corrected chi connectivity index (χ0v) is 20.3. The fourth-order valence-corrected chi connectivity index (χ4v) is 4.83. The first kappa shape index (κ1) is 23.9. The molecule has 0 fully saturated rings. The average molecular weight is 461 g/mol. The summed E-state index contributed by atoms with van der Waals surface area (Å²) >= 11 is 0. The van der Waals surface area contributed by atoms with Gasteiger partial charge in [-0.2, -0.15) is 0 Å². The summed E-state index contributed by atoms with van der Waals surface area (Å²) < 4.78 is 37.4. The molecule has 8 heteroatoms. The molecular formula is C24H32N2O5S. The number of benzene rings is 2. The summed E-state index contributed by atoms with van der Waals surface area (Å²) in [5.74, 6) is 0.623. The van der Waals surface area contributed by atoms with Gasteiger partial charge in [-0.15, -0.1) is 0 Å². The van der Waals surface area contributed by atoms with Crippen molar-refractivity contribution in [3.05, 3.63) is 53.6 Å². The first-order chi connectivity index (χ1) is 14.9. The van der Waals surface area contributed by atoms with Crippen molar-refractivity contribution in [2.45, 2.75) is 52.1 Å². The van der Waals surface area contributed by atoms with Crippen LogP contribution < -0.4 is 19.1 Å². The second-order valence-corrected chi connectivity index (χ2v) is 11.0. The van der Waals surface area contributed by atoms with Crippen LogP contribution in [0.25, 0.3) is 0 Å². The smallest absolute Gasteiger partial charge is 0.244 e. The minimum Gasteiger partial charge on any atom is -0.486 e. The Labute approximate surface area is 190 Å². The van der Waals surface area contributed by atoms with Gasteiger partial charge < -0.3 is 14.8 Å². The van der Waals surface area contributed by atoms with Gasteiger partial charge in [0.15, 0.2) is 11.5 Å². The second-order valence-electron chi connectivity index (χ2n) is 9.17. The normalized spacial score (nSPS) is 15.6. The number of rotatable bonds is 6. The van der Waals surface area contributed by atoms with Gasteiger partial charge in [0.1, 0.15) is 19.3 Å². The van der Waals surface area contributed by atoms with E-state index in [4.69, 9.17) is 9.47 Å². The van der Waals surface area contributed by atoms with Gasteiger partial charge in [0.05, 0.1) is 18.0 Å². The zero-order valence-electron chi connectivity index (χ0n) is 19.5. The lowest BCUT2D eigenvalue weighted by atomic mass is 9.86. The lowest BCUT2D eigenvalue weighted by Gasteiger charge is -2.30. The standard InChI is InChI=1S/C24H32N2O5S/c1-16(18-7-9-19(10-8-18)24(3,4)5)25-23(27)17(2)26(32(6,28)29)20-11-12-21-22(15-20)31-14-13-30-21/h7-12,15-17H,13-14H2,1-6H3,(H,25,27)/t16-,17+/m0/s1. The number of hydrogen-bond donors (Lipinski definition) is 1. The van der Waals surface area contributed by atoms with E-state index < -0.39 is 22.0 Å². The molecule has 0 spiro atoms. The molecule has 2 atom stereocenters. The Kier molecular flexibility index (Phi) is 6.74. The van der Waals surface area contributed by atoms with Gasteiger partial charge in [-0.25, -0.2) is 8.42 Å². The maximum absolute atomic E-state index is 13.0. The number of ether oxygens (including phenoxy) is 2. The molecule has 0 radical (unpaired) electrons. The van der Waals surface area contributed by atoms with Crippen molar-refractivity contribution in [1.29, 1.82) is 0 Å². The van der Waals surface area contributed by atoms with Crippen molar-refractivity contribution in [3.63, 3.8) is 0 Å². The number of hydrogen-bond acceptors (Lipinski definition) is 5. The Balaban J connectivity index is 1.79. The average Bonchev–Trinajstić information content (AvgIpc) is 2.72. The highest BCUT2D eigenvalue weighted by molar-refractivity contribution is 7.92. The molecule has 32 heavy (non-hydrogen) atoms. The maximum atomic E-state index is 13.0. The largest absolute Gasteiger partial charge is 0.486 e. The van der Waals surface area contributed by atoms with Crippen molar-refractivity contribution in [2.75, 3.05) is 23.8 Å². The van der Waals surface area contributed by atoms with Gasteiger partial charge in [0.2, 0.25) is 15.9 Å². The van der Waals surface area contributed by atoms with Crippen LogP contribution in [-0.4, -0.2) is 39.8 Å². The number of sulfonamides is 1. The van der Waals surface area contributed by atoms with E-state index >= 15 is 0 Å². The van der Waals surface area contributed by atoms with E-state index in [1.54, 1.807) is 25.1 Å². The van der Waals surface area contributed by atoms with Crippen molar-refractivity contribution in [2.24, 2.45) is 0 Å². The van der Waals surface area contributed by atoms with E-state index in [-0.39, 0.29) is 11.5 Å². The van der Waals surface area contributed by atoms with Crippen LogP contribution in [0.1, 0.15) is 51.8 Å². The Morgan fingerprint density at radius 1 is 1.00 bits per heavy atom. The molecule has 0 saturated heterocycles. The minimum absolute atomic E-state index is 0.0408. The van der Waals surface area contributed by atoms with Crippen LogP contribution in [0.3, 0.4) is 0 Å². The van der Waals surface area contributed by atoms with Gasteiger partial charge >= 0.3 is 0 Å². The minimum atomic E-state index is -3.74. The zero-order chi connectivity index (χ0) is 23.7. The quantitative estimate of drug-likeness (QED) is 0.709. The molecule has 3 rings (SSSR count). The Morgan fingerprint density at radius 3 is 2.16 bits per heavy atom. The van der Waals surface area contributed by atoms with E-state index in [1.165, 1.54) is 5.56 Å². The first-order valence-electron chi connectivity index (χ1n) is 10.7. The third-order valence-electron chi connectivity index (χ3n) is 5.50. The number of amides is 1. The molecule has 7 nitrogen and oxygen atoms in total. The molecule has 174 valence electrons. The van der Waals surface area contributed by atoms with Crippen LogP contribution in [0.15, 0.2) is 42.5 Å². The summed E-state index contributed by atoms with van der Waals surface area (Å²) in [5, 5.41) is 2.94. The molecule has 1 amide bonds. The topological polar surface area (TPSA) is 84.9 Å². The third-order valence-corrected chi connectivity index (χ3v) is 6.75. The molecule has 2 aromatic carbocycles. The van der Waals surface area contributed by atoms with Crippen LogP contribution in [0, 0.1) is 0 Å². The molecule has 0 unspecified atom stereocenters. The highest BCUT2D eigenvalue weighted by atomic mass is 32.2. The number of nitrogens with zero attached hydrogens (tertiary/aromatic N) is 1. The van der Waals surface area contributed by atoms with Gasteiger partial charge in [-0.3, -0.25) is 9.10 Å². The summed E-state index contributed by atoms with van der Waals surface area (Å²) in [5.41, 5.74) is 2.54. The monoisotopic (exact) mass is 460 g/mol. The van der Waals surface area contributed by atoms with E-state index in [0.29, 0.717) is 30.4 Å². The van der Waals surface area contributed by atoms with Gasteiger partial charge in [-0.05, 0) is 42.5 Å². The molecule has 1 N–H and O–H groups in total. The molecule has 1 heterocycles. The molecule has 0 bridgehead atoms. The van der Waals surface area contributed by atoms with Gasteiger partial charge in [0.25, 0.3) is 0 Å². The van der Waals surface area contributed by atoms with Crippen LogP contribution in [0.5, 0.6) is 11.5 Å². The van der Waals surface area contributed by atoms with E-state index in [9.17, 15) is 13.2 Å². The Bertz CT molecular complexity index is 1070. The number of carbonyl (C=O) groups is 1. The van der Waals surface area contributed by atoms with E-state index in [1.807, 2.05) is 19.1 Å². The summed E-state index contributed by atoms with van der Waals surface area (Å²) in [6.45, 7) is 10.7. The van der Waals surface area contributed by atoms with Gasteiger partial charge in [-0.1, -0.05) is 45.0 Å². The summed E-state index contributed by atoms with van der Waals surface area (Å²) in [7, 11) is -3.74. The predicted octanol–water partition coefficient (Wildman–Crippen LogP) is 3.79. The molecular weight excluding hydrogens is 428 g/mol. The Hall–Kier alpha value is -2.74. The molecule has 2 aromatic rings. The maximum Gasteiger partial charge on any atom is 0.244 e. The number of anilines is 1. The number of fused-ring (bicyclic) bond motifs is 1.